The zero-order chi connectivity index (χ0) is 35.0. The molecule has 2 aliphatic rings. The Bertz CT molecular complexity index is 1880. The maximum atomic E-state index is 13.1. The van der Waals surface area contributed by atoms with Crippen LogP contribution >= 0.6 is 0 Å². The number of fused-ring (bicyclic) bond motifs is 1. The van der Waals surface area contributed by atoms with Crippen LogP contribution in [0.5, 0.6) is 0 Å². The number of rotatable bonds is 7. The summed E-state index contributed by atoms with van der Waals surface area (Å²) in [5.74, 6) is 8.02. The number of H-pyrrole nitrogens is 2. The summed E-state index contributed by atoms with van der Waals surface area (Å²) in [6.07, 6.45) is 6.35. The Morgan fingerprint density at radius 1 is 0.980 bits per heavy atom. The predicted molar refractivity (Wildman–Crippen MR) is 190 cm³/mol. The van der Waals surface area contributed by atoms with E-state index < -0.39 is 11.2 Å². The Kier molecular flexibility index (Phi) is 9.23. The number of carbonyl (C=O) groups is 2. The molecule has 2 aromatic carbocycles. The number of hydrogen-bond acceptors (Lipinski definition) is 6. The molecule has 0 unspecified atom stereocenters. The molecule has 10 heteroatoms. The van der Waals surface area contributed by atoms with Gasteiger partial charge in [0, 0.05) is 36.0 Å². The van der Waals surface area contributed by atoms with E-state index in [4.69, 9.17) is 19.4 Å². The van der Waals surface area contributed by atoms with Crippen molar-refractivity contribution >= 4 is 23.2 Å². The maximum absolute atomic E-state index is 13.1. The van der Waals surface area contributed by atoms with Crippen molar-refractivity contribution in [3.8, 4) is 23.1 Å². The number of carbonyl (C=O) groups excluding carboxylic acids is 2. The third kappa shape index (κ3) is 8.45. The molecule has 2 fully saturated rings. The molecule has 4 aromatic rings. The molecule has 258 valence electrons. The van der Waals surface area contributed by atoms with Gasteiger partial charge in [0.15, 0.2) is 0 Å². The largest absolute Gasteiger partial charge is 0.444 e. The summed E-state index contributed by atoms with van der Waals surface area (Å²) in [4.78, 5) is 45.8. The van der Waals surface area contributed by atoms with Crippen LogP contribution in [0, 0.1) is 17.3 Å². The highest BCUT2D eigenvalue weighted by atomic mass is 16.6. The molecule has 0 bridgehead atoms. The Labute approximate surface area is 289 Å². The van der Waals surface area contributed by atoms with E-state index in [-0.39, 0.29) is 23.6 Å². The van der Waals surface area contributed by atoms with Crippen molar-refractivity contribution in [1.29, 1.82) is 0 Å². The molecule has 2 aromatic heterocycles. The van der Waals surface area contributed by atoms with Gasteiger partial charge in [-0.25, -0.2) is 19.6 Å². The summed E-state index contributed by atoms with van der Waals surface area (Å²) in [5, 5.41) is 0. The molecule has 6 rings (SSSR count). The summed E-state index contributed by atoms with van der Waals surface area (Å²) in [6, 6.07) is 13.8. The van der Waals surface area contributed by atoms with E-state index in [1.165, 1.54) is 0 Å². The second-order valence-corrected chi connectivity index (χ2v) is 15.5. The average molecular weight is 665 g/mol. The van der Waals surface area contributed by atoms with E-state index in [1.807, 2.05) is 95.1 Å². The number of likely N-dealkylation sites (tertiary alicyclic amines) is 1. The number of nitrogens with one attached hydrogen (secondary N) is 2. The first-order chi connectivity index (χ1) is 23.2. The highest BCUT2D eigenvalue weighted by Gasteiger charge is 2.55. The average Bonchev–Trinajstić information content (AvgIpc) is 3.34. The Morgan fingerprint density at radius 2 is 1.67 bits per heavy atom. The minimum atomic E-state index is -0.562. The molecule has 1 saturated heterocycles. The van der Waals surface area contributed by atoms with Crippen molar-refractivity contribution in [2.45, 2.75) is 104 Å². The minimum Gasteiger partial charge on any atom is -0.444 e. The molecule has 2 N–H and O–H groups in total. The van der Waals surface area contributed by atoms with Gasteiger partial charge in [0.05, 0.1) is 29.3 Å². The third-order valence-corrected chi connectivity index (χ3v) is 8.84. The van der Waals surface area contributed by atoms with E-state index in [0.29, 0.717) is 18.9 Å². The molecule has 3 heterocycles. The lowest BCUT2D eigenvalue weighted by molar-refractivity contribution is 0.0207. The maximum Gasteiger partial charge on any atom is 0.410 e. The van der Waals surface area contributed by atoms with Crippen molar-refractivity contribution in [2.75, 3.05) is 13.1 Å². The SMILES string of the molecule is CCCCN(Cc1nc2cc(C#Cc3ccc(-c4c[nH]c([C@@H]5CC6(CC6)CN5C(=O)OC(C)(C)C)n4)cc3)ccc2[nH]1)C(=O)OC(C)(C)C. The van der Waals surface area contributed by atoms with Gasteiger partial charge >= 0.3 is 12.2 Å². The van der Waals surface area contributed by atoms with E-state index in [1.54, 1.807) is 4.90 Å². The second-order valence-electron chi connectivity index (χ2n) is 15.5. The van der Waals surface area contributed by atoms with Crippen LogP contribution in [-0.4, -0.2) is 66.2 Å². The van der Waals surface area contributed by atoms with Gasteiger partial charge in [-0.15, -0.1) is 0 Å². The Morgan fingerprint density at radius 3 is 2.35 bits per heavy atom. The van der Waals surface area contributed by atoms with Crippen LogP contribution in [0.2, 0.25) is 0 Å². The first kappa shape index (κ1) is 34.1. The van der Waals surface area contributed by atoms with Crippen LogP contribution in [0.3, 0.4) is 0 Å². The fraction of sp³-hybridized carbons (Fsp3) is 0.487. The molecule has 1 aliphatic heterocycles. The van der Waals surface area contributed by atoms with Crippen molar-refractivity contribution in [2.24, 2.45) is 5.41 Å². The van der Waals surface area contributed by atoms with Crippen molar-refractivity contribution in [3.63, 3.8) is 0 Å². The first-order valence-electron chi connectivity index (χ1n) is 17.3. The Hall–Kier alpha value is -4.78. The number of hydrogen-bond donors (Lipinski definition) is 2. The molecule has 1 aliphatic carbocycles. The minimum absolute atomic E-state index is 0.121. The summed E-state index contributed by atoms with van der Waals surface area (Å²) >= 11 is 0. The van der Waals surface area contributed by atoms with Crippen LogP contribution in [0.1, 0.15) is 109 Å². The number of ether oxygens (including phenoxy) is 2. The van der Waals surface area contributed by atoms with Gasteiger partial charge in [-0.3, -0.25) is 4.90 Å². The third-order valence-electron chi connectivity index (χ3n) is 8.84. The highest BCUT2D eigenvalue weighted by molar-refractivity contribution is 5.77. The number of unbranched alkanes of at least 4 members (excludes halogenated alkanes) is 1. The second kappa shape index (κ2) is 13.3. The molecule has 49 heavy (non-hydrogen) atoms. The first-order valence-corrected chi connectivity index (χ1v) is 17.3. The topological polar surface area (TPSA) is 116 Å². The van der Waals surface area contributed by atoms with Crippen molar-refractivity contribution < 1.29 is 19.1 Å². The fourth-order valence-electron chi connectivity index (χ4n) is 6.18. The zero-order valence-electron chi connectivity index (χ0n) is 29.8. The number of aromatic nitrogens is 4. The molecular formula is C39H48N6O4. The van der Waals surface area contributed by atoms with Gasteiger partial charge < -0.3 is 24.3 Å². The summed E-state index contributed by atoms with van der Waals surface area (Å²) in [7, 11) is 0. The van der Waals surface area contributed by atoms with Crippen LogP contribution in [0.25, 0.3) is 22.3 Å². The van der Waals surface area contributed by atoms with Gasteiger partial charge in [-0.2, -0.15) is 0 Å². The van der Waals surface area contributed by atoms with Gasteiger partial charge in [0.2, 0.25) is 0 Å². The van der Waals surface area contributed by atoms with Crippen LogP contribution in [0.15, 0.2) is 48.7 Å². The molecule has 1 saturated carbocycles. The summed E-state index contributed by atoms with van der Waals surface area (Å²) < 4.78 is 11.4. The number of amides is 2. The molecule has 10 nitrogen and oxygen atoms in total. The molecule has 1 spiro atoms. The lowest BCUT2D eigenvalue weighted by atomic mass is 10.0. The summed E-state index contributed by atoms with van der Waals surface area (Å²) in [6.45, 7) is 15.1. The van der Waals surface area contributed by atoms with Crippen molar-refractivity contribution in [1.82, 2.24) is 29.7 Å². The molecule has 0 radical (unpaired) electrons. The zero-order valence-corrected chi connectivity index (χ0v) is 29.8. The lowest BCUT2D eigenvalue weighted by Gasteiger charge is -2.27. The molecular weight excluding hydrogens is 616 g/mol. The van der Waals surface area contributed by atoms with E-state index >= 15 is 0 Å². The van der Waals surface area contributed by atoms with Gasteiger partial charge in [0.1, 0.15) is 22.9 Å². The van der Waals surface area contributed by atoms with Crippen LogP contribution in [0.4, 0.5) is 9.59 Å². The number of aromatic amines is 2. The van der Waals surface area contributed by atoms with E-state index in [9.17, 15) is 9.59 Å². The van der Waals surface area contributed by atoms with Gasteiger partial charge in [-0.05, 0) is 103 Å². The fourth-order valence-corrected chi connectivity index (χ4v) is 6.18. The van der Waals surface area contributed by atoms with Gasteiger partial charge in [0.25, 0.3) is 0 Å². The number of benzene rings is 2. The summed E-state index contributed by atoms with van der Waals surface area (Å²) in [5.41, 5.74) is 4.32. The van der Waals surface area contributed by atoms with E-state index in [0.717, 1.165) is 77.9 Å². The van der Waals surface area contributed by atoms with Crippen LogP contribution in [-0.2, 0) is 16.0 Å². The number of nitrogens with zero attached hydrogens (tertiary/aromatic N) is 4. The number of imidazole rings is 2. The predicted octanol–water partition coefficient (Wildman–Crippen LogP) is 8.35. The standard InChI is InChI=1S/C39H48N6O4/c1-8-9-20-44(35(46)48-37(2,3)4)24-33-41-29-17-14-27(21-30(29)42-33)11-10-26-12-15-28(16-13-26)31-23-40-34(43-31)32-22-39(18-19-39)25-45(32)36(47)49-38(5,6)7/h12-17,21,23,32H,8-9,18-20,22,24-25H2,1-7H3,(H,40,43)(H,41,42)/t32-/m0/s1. The van der Waals surface area contributed by atoms with Crippen LogP contribution < -0.4 is 0 Å². The normalized spacial score (nSPS) is 16.8. The van der Waals surface area contributed by atoms with Gasteiger partial charge in [-0.1, -0.05) is 37.3 Å². The lowest BCUT2D eigenvalue weighted by Crippen LogP contribution is -2.37. The smallest absolute Gasteiger partial charge is 0.410 e. The monoisotopic (exact) mass is 664 g/mol. The van der Waals surface area contributed by atoms with E-state index in [2.05, 4.69) is 28.7 Å². The highest BCUT2D eigenvalue weighted by Crippen LogP contribution is 2.58. The Balaban J connectivity index is 1.12. The van der Waals surface area contributed by atoms with Crippen molar-refractivity contribution in [3.05, 3.63) is 71.4 Å². The molecule has 2 amide bonds. The quantitative estimate of drug-likeness (QED) is 0.192. The molecule has 1 atom stereocenters.